The van der Waals surface area contributed by atoms with Gasteiger partial charge in [0.25, 0.3) is 0 Å². The van der Waals surface area contributed by atoms with Crippen molar-refractivity contribution < 1.29 is 0 Å². The van der Waals surface area contributed by atoms with Gasteiger partial charge in [0, 0.05) is 19.0 Å². The lowest BCUT2D eigenvalue weighted by atomic mass is 10.1. The van der Waals surface area contributed by atoms with Gasteiger partial charge in [0.05, 0.1) is 0 Å². The first kappa shape index (κ1) is 11.8. The van der Waals surface area contributed by atoms with Crippen molar-refractivity contribution in [2.75, 3.05) is 0 Å². The van der Waals surface area contributed by atoms with Crippen LogP contribution in [0.25, 0.3) is 0 Å². The molecule has 3 rings (SSSR count). The molecular weight excluding hydrogens is 242 g/mol. The molecule has 1 aliphatic carbocycles. The Morgan fingerprint density at radius 3 is 2.61 bits per heavy atom. The summed E-state index contributed by atoms with van der Waals surface area (Å²) in [5.41, 5.74) is 1.37. The Kier molecular flexibility index (Phi) is 3.67. The summed E-state index contributed by atoms with van der Waals surface area (Å²) in [6, 6.07) is 11.3. The SMILES string of the molecule is c1ccc(CCc2nnc(CNC3CC3)s2)cc1. The van der Waals surface area contributed by atoms with Gasteiger partial charge in [-0.3, -0.25) is 0 Å². The summed E-state index contributed by atoms with van der Waals surface area (Å²) >= 11 is 1.74. The monoisotopic (exact) mass is 259 g/mol. The third-order valence-electron chi connectivity index (χ3n) is 3.10. The molecule has 3 nitrogen and oxygen atoms in total. The summed E-state index contributed by atoms with van der Waals surface area (Å²) in [4.78, 5) is 0. The molecule has 0 spiro atoms. The first-order valence-corrected chi connectivity index (χ1v) is 7.30. The van der Waals surface area contributed by atoms with Crippen LogP contribution in [0, 0.1) is 0 Å². The highest BCUT2D eigenvalue weighted by Crippen LogP contribution is 2.20. The van der Waals surface area contributed by atoms with Crippen molar-refractivity contribution in [3.8, 4) is 0 Å². The van der Waals surface area contributed by atoms with Gasteiger partial charge in [-0.05, 0) is 24.8 Å². The number of aromatic nitrogens is 2. The highest BCUT2D eigenvalue weighted by Gasteiger charge is 2.20. The van der Waals surface area contributed by atoms with Crippen molar-refractivity contribution in [3.05, 3.63) is 45.9 Å². The molecular formula is C14H17N3S. The zero-order valence-electron chi connectivity index (χ0n) is 10.3. The highest BCUT2D eigenvalue weighted by atomic mass is 32.1. The summed E-state index contributed by atoms with van der Waals surface area (Å²) < 4.78 is 0. The van der Waals surface area contributed by atoms with E-state index in [0.29, 0.717) is 0 Å². The average molecular weight is 259 g/mol. The predicted octanol–water partition coefficient (Wildman–Crippen LogP) is 2.58. The zero-order chi connectivity index (χ0) is 12.2. The van der Waals surface area contributed by atoms with Gasteiger partial charge in [0.1, 0.15) is 10.0 Å². The molecule has 0 amide bonds. The van der Waals surface area contributed by atoms with Gasteiger partial charge in [-0.25, -0.2) is 0 Å². The molecule has 2 aromatic rings. The van der Waals surface area contributed by atoms with Crippen LogP contribution in [0.2, 0.25) is 0 Å². The Bertz CT molecular complexity index is 491. The van der Waals surface area contributed by atoms with Crippen LogP contribution in [-0.2, 0) is 19.4 Å². The van der Waals surface area contributed by atoms with Crippen LogP contribution >= 0.6 is 11.3 Å². The van der Waals surface area contributed by atoms with Crippen molar-refractivity contribution in [2.24, 2.45) is 0 Å². The minimum Gasteiger partial charge on any atom is -0.308 e. The molecule has 0 atom stereocenters. The van der Waals surface area contributed by atoms with E-state index < -0.39 is 0 Å². The second kappa shape index (κ2) is 5.59. The first-order chi connectivity index (χ1) is 8.90. The molecule has 1 saturated carbocycles. The number of aryl methyl sites for hydroxylation is 2. The van der Waals surface area contributed by atoms with Gasteiger partial charge in [-0.1, -0.05) is 30.3 Å². The smallest absolute Gasteiger partial charge is 0.131 e. The van der Waals surface area contributed by atoms with E-state index in [-0.39, 0.29) is 0 Å². The molecule has 1 N–H and O–H groups in total. The van der Waals surface area contributed by atoms with Crippen molar-refractivity contribution in [1.29, 1.82) is 0 Å². The van der Waals surface area contributed by atoms with Gasteiger partial charge in [0.2, 0.25) is 0 Å². The summed E-state index contributed by atoms with van der Waals surface area (Å²) in [6.45, 7) is 0.883. The van der Waals surface area contributed by atoms with E-state index in [1.54, 1.807) is 11.3 Å². The summed E-state index contributed by atoms with van der Waals surface area (Å²) in [5.74, 6) is 0. The van der Waals surface area contributed by atoms with Crippen LogP contribution in [0.4, 0.5) is 0 Å². The predicted molar refractivity (Wildman–Crippen MR) is 73.6 cm³/mol. The molecule has 0 bridgehead atoms. The van der Waals surface area contributed by atoms with Crippen molar-refractivity contribution in [2.45, 2.75) is 38.3 Å². The third-order valence-corrected chi connectivity index (χ3v) is 4.08. The van der Waals surface area contributed by atoms with Gasteiger partial charge >= 0.3 is 0 Å². The maximum absolute atomic E-state index is 4.26. The first-order valence-electron chi connectivity index (χ1n) is 6.49. The van der Waals surface area contributed by atoms with Crippen LogP contribution in [0.1, 0.15) is 28.4 Å². The molecule has 0 aliphatic heterocycles. The van der Waals surface area contributed by atoms with Crippen molar-refractivity contribution in [1.82, 2.24) is 15.5 Å². The second-order valence-electron chi connectivity index (χ2n) is 4.73. The molecule has 18 heavy (non-hydrogen) atoms. The number of nitrogens with one attached hydrogen (secondary N) is 1. The van der Waals surface area contributed by atoms with Crippen LogP contribution in [0.5, 0.6) is 0 Å². The minimum atomic E-state index is 0.738. The standard InChI is InChI=1S/C14H17N3S/c1-2-4-11(5-3-1)6-9-13-16-17-14(18-13)10-15-12-7-8-12/h1-5,12,15H,6-10H2. The molecule has 4 heteroatoms. The molecule has 1 fully saturated rings. The quantitative estimate of drug-likeness (QED) is 0.866. The minimum absolute atomic E-state index is 0.738. The largest absolute Gasteiger partial charge is 0.308 e. The van der Waals surface area contributed by atoms with E-state index in [2.05, 4.69) is 45.8 Å². The molecule has 1 aliphatic rings. The normalized spacial score (nSPS) is 14.9. The molecule has 1 aromatic carbocycles. The summed E-state index contributed by atoms with van der Waals surface area (Å²) in [5, 5.41) is 14.2. The Balaban J connectivity index is 1.50. The fourth-order valence-corrected chi connectivity index (χ4v) is 2.67. The summed E-state index contributed by atoms with van der Waals surface area (Å²) in [7, 11) is 0. The topological polar surface area (TPSA) is 37.8 Å². The number of hydrogen-bond donors (Lipinski definition) is 1. The zero-order valence-corrected chi connectivity index (χ0v) is 11.1. The molecule has 0 saturated heterocycles. The fraction of sp³-hybridized carbons (Fsp3) is 0.429. The van der Waals surface area contributed by atoms with Gasteiger partial charge < -0.3 is 5.32 Å². The van der Waals surface area contributed by atoms with E-state index >= 15 is 0 Å². The lowest BCUT2D eigenvalue weighted by Crippen LogP contribution is -2.14. The van der Waals surface area contributed by atoms with Gasteiger partial charge in [0.15, 0.2) is 0 Å². The number of rotatable bonds is 6. The number of hydrogen-bond acceptors (Lipinski definition) is 4. The van der Waals surface area contributed by atoms with Crippen molar-refractivity contribution >= 4 is 11.3 Å². The lowest BCUT2D eigenvalue weighted by Gasteiger charge is -1.97. The molecule has 0 unspecified atom stereocenters. The van der Waals surface area contributed by atoms with Crippen molar-refractivity contribution in [3.63, 3.8) is 0 Å². The molecule has 94 valence electrons. The fourth-order valence-electron chi connectivity index (χ4n) is 1.88. The average Bonchev–Trinajstić information content (AvgIpc) is 3.14. The molecule has 0 radical (unpaired) electrons. The Hall–Kier alpha value is -1.26. The third kappa shape index (κ3) is 3.37. The lowest BCUT2D eigenvalue weighted by molar-refractivity contribution is 0.678. The molecule has 1 heterocycles. The van der Waals surface area contributed by atoms with Crippen LogP contribution < -0.4 is 5.32 Å². The number of nitrogens with zero attached hydrogens (tertiary/aromatic N) is 2. The Morgan fingerprint density at radius 2 is 1.83 bits per heavy atom. The van der Waals surface area contributed by atoms with E-state index in [0.717, 1.165) is 35.4 Å². The Labute approximate surface area is 111 Å². The van der Waals surface area contributed by atoms with E-state index in [1.165, 1.54) is 18.4 Å². The van der Waals surface area contributed by atoms with Crippen LogP contribution in [0.3, 0.4) is 0 Å². The second-order valence-corrected chi connectivity index (χ2v) is 5.88. The molecule has 1 aromatic heterocycles. The maximum Gasteiger partial charge on any atom is 0.131 e. The van der Waals surface area contributed by atoms with E-state index in [1.807, 2.05) is 0 Å². The van der Waals surface area contributed by atoms with E-state index in [4.69, 9.17) is 0 Å². The Morgan fingerprint density at radius 1 is 1.06 bits per heavy atom. The van der Waals surface area contributed by atoms with Gasteiger partial charge in [-0.2, -0.15) is 0 Å². The van der Waals surface area contributed by atoms with Crippen LogP contribution in [0.15, 0.2) is 30.3 Å². The maximum atomic E-state index is 4.26. The highest BCUT2D eigenvalue weighted by molar-refractivity contribution is 7.11. The summed E-state index contributed by atoms with van der Waals surface area (Å²) in [6.07, 6.45) is 4.68. The van der Waals surface area contributed by atoms with Crippen LogP contribution in [-0.4, -0.2) is 16.2 Å². The van der Waals surface area contributed by atoms with E-state index in [9.17, 15) is 0 Å². The van der Waals surface area contributed by atoms with Gasteiger partial charge in [-0.15, -0.1) is 21.5 Å². The number of benzene rings is 1.